The second-order valence-corrected chi connectivity index (χ2v) is 9.61. The van der Waals surface area contributed by atoms with Crippen LogP contribution in [0.2, 0.25) is 0 Å². The number of phenolic OH excluding ortho intramolecular Hbond substituents is 1. The fraction of sp³-hybridized carbons (Fsp3) is 0.133. The number of nitrogens with two attached hydrogens (primary N) is 1. The maximum absolute atomic E-state index is 10.9. The Hall–Kier alpha value is 0.350. The minimum absolute atomic E-state index is 0.207. The molecule has 0 amide bonds. The lowest BCUT2D eigenvalue weighted by Gasteiger charge is -2.18. The summed E-state index contributed by atoms with van der Waals surface area (Å²) < 4.78 is 8.68. The SMILES string of the molecule is N[C@H](C(=O)O)C(O)c1cc(I)c(O[13c]2[13cH][13c](I)[13c](O)[13c](I)[13cH]2)c(I)c1. The first-order valence-corrected chi connectivity index (χ1v) is 10.9. The summed E-state index contributed by atoms with van der Waals surface area (Å²) in [7, 11) is 0. The molecule has 6 nitrogen and oxygen atoms in total. The summed E-state index contributed by atoms with van der Waals surface area (Å²) in [6.07, 6.45) is -1.32. The van der Waals surface area contributed by atoms with Gasteiger partial charge in [0.05, 0.1) is 14.3 Å². The van der Waals surface area contributed by atoms with Crippen molar-refractivity contribution in [2.24, 2.45) is 5.73 Å². The zero-order valence-corrected chi connectivity index (χ0v) is 20.8. The molecule has 0 fully saturated rings. The molecule has 134 valence electrons. The smallest absolute Gasteiger partial charge is 0.323 e. The molecule has 0 aliphatic carbocycles. The highest BCUT2D eigenvalue weighted by Crippen LogP contribution is 2.37. The number of hydrogen-bond donors (Lipinski definition) is 4. The third kappa shape index (κ3) is 5.20. The van der Waals surface area contributed by atoms with Crippen molar-refractivity contribution < 1.29 is 24.9 Å². The van der Waals surface area contributed by atoms with Gasteiger partial charge in [0, 0.05) is 0 Å². The van der Waals surface area contributed by atoms with Crippen LogP contribution in [-0.4, -0.2) is 27.3 Å². The van der Waals surface area contributed by atoms with Crippen LogP contribution in [0.1, 0.15) is 11.7 Å². The van der Waals surface area contributed by atoms with Gasteiger partial charge in [-0.2, -0.15) is 0 Å². The Morgan fingerprint density at radius 2 is 1.48 bits per heavy atom. The van der Waals surface area contributed by atoms with E-state index in [2.05, 4.69) is 45.2 Å². The zero-order valence-electron chi connectivity index (χ0n) is 12.2. The van der Waals surface area contributed by atoms with Crippen molar-refractivity contribution in [2.75, 3.05) is 0 Å². The monoisotopic (exact) mass is 799 g/mol. The molecule has 0 saturated heterocycles. The Morgan fingerprint density at radius 3 is 1.92 bits per heavy atom. The van der Waals surface area contributed by atoms with Crippen LogP contribution >= 0.6 is 90.4 Å². The second-order valence-electron chi connectivity index (χ2n) is 4.96. The molecule has 2 rings (SSSR count). The van der Waals surface area contributed by atoms with E-state index >= 15 is 0 Å². The summed E-state index contributed by atoms with van der Waals surface area (Å²) in [5.74, 6) is 0.0847. The first kappa shape index (κ1) is 21.6. The molecular weight excluding hydrogens is 788 g/mol. The van der Waals surface area contributed by atoms with E-state index in [4.69, 9.17) is 15.6 Å². The van der Waals surface area contributed by atoms with E-state index in [0.29, 0.717) is 31.3 Å². The van der Waals surface area contributed by atoms with Gasteiger partial charge in [-0.25, -0.2) is 0 Å². The summed E-state index contributed by atoms with van der Waals surface area (Å²) in [6, 6.07) is 5.31. The summed E-state index contributed by atoms with van der Waals surface area (Å²) in [4.78, 5) is 10.9. The van der Waals surface area contributed by atoms with Crippen molar-refractivity contribution in [3.63, 3.8) is 0 Å². The predicted molar refractivity (Wildman–Crippen MR) is 126 cm³/mol. The lowest BCUT2D eigenvalue weighted by Crippen LogP contribution is -2.36. The number of phenols is 1. The van der Waals surface area contributed by atoms with Crippen LogP contribution in [0.25, 0.3) is 0 Å². The molecule has 0 saturated carbocycles. The highest BCUT2D eigenvalue weighted by Gasteiger charge is 2.25. The van der Waals surface area contributed by atoms with Crippen LogP contribution in [0.15, 0.2) is 24.3 Å². The molecule has 25 heavy (non-hydrogen) atoms. The number of carboxylic acids is 1. The summed E-state index contributed by atoms with van der Waals surface area (Å²) >= 11 is 8.15. The number of aromatic hydroxyl groups is 1. The number of aliphatic hydroxyl groups excluding tert-OH is 1. The van der Waals surface area contributed by atoms with Crippen molar-refractivity contribution >= 4 is 96.3 Å². The van der Waals surface area contributed by atoms with E-state index in [9.17, 15) is 15.0 Å². The van der Waals surface area contributed by atoms with Gasteiger partial charge < -0.3 is 25.8 Å². The van der Waals surface area contributed by atoms with Crippen LogP contribution in [-0.2, 0) is 4.79 Å². The van der Waals surface area contributed by atoms with E-state index in [1.165, 1.54) is 0 Å². The number of rotatable bonds is 5. The lowest BCUT2D eigenvalue weighted by molar-refractivity contribution is -0.141. The molecule has 10 heteroatoms. The number of ether oxygens (including phenoxy) is 1. The molecular formula is C15H11I4NO5. The number of aliphatic carboxylic acids is 1. The Morgan fingerprint density at radius 1 is 1.00 bits per heavy atom. The summed E-state index contributed by atoms with van der Waals surface area (Å²) in [6.45, 7) is 0. The van der Waals surface area contributed by atoms with Crippen LogP contribution in [0.4, 0.5) is 0 Å². The largest absolute Gasteiger partial charge is 0.506 e. The van der Waals surface area contributed by atoms with Gasteiger partial charge in [-0.05, 0) is 120 Å². The number of carboxylic acid groups (broad SMARTS) is 1. The van der Waals surface area contributed by atoms with E-state index in [1.54, 1.807) is 24.3 Å². The van der Waals surface area contributed by atoms with Gasteiger partial charge in [-0.3, -0.25) is 4.79 Å². The highest BCUT2D eigenvalue weighted by atomic mass is 127. The van der Waals surface area contributed by atoms with Crippen LogP contribution in [0.3, 0.4) is 0 Å². The van der Waals surface area contributed by atoms with E-state index < -0.39 is 18.1 Å². The van der Waals surface area contributed by atoms with Crippen molar-refractivity contribution in [2.45, 2.75) is 12.1 Å². The quantitative estimate of drug-likeness (QED) is 0.340. The van der Waals surface area contributed by atoms with E-state index in [-0.39, 0.29) is 5.75 Å². The summed E-state index contributed by atoms with van der Waals surface area (Å²) in [5.41, 5.74) is 5.90. The molecule has 2 aromatic rings. The average Bonchev–Trinajstić information content (AvgIpc) is 2.54. The van der Waals surface area contributed by atoms with Gasteiger partial charge in [0.15, 0.2) is 5.75 Å². The molecule has 0 spiro atoms. The predicted octanol–water partition coefficient (Wildman–Crippen LogP) is 4.05. The Balaban J connectivity index is 2.36. The fourth-order valence-electron chi connectivity index (χ4n) is 1.91. The van der Waals surface area contributed by atoms with Crippen LogP contribution < -0.4 is 10.5 Å². The molecule has 0 aliphatic rings. The Kier molecular flexibility index (Phi) is 7.82. The molecule has 0 aliphatic heterocycles. The van der Waals surface area contributed by atoms with Gasteiger partial charge in [0.25, 0.3) is 0 Å². The number of hydrogen-bond acceptors (Lipinski definition) is 5. The molecule has 2 aromatic carbocycles. The standard InChI is InChI=1S/C15H11I4NO5/c16-7-3-6(4-8(17)13(7)22)25-14-9(18)1-5(2-10(14)19)12(21)11(20)15(23)24/h1-4,11-12,21-22H,20H2,(H,23,24)/t11-,12?/m0/s1/i3+1,4+1,6+1,7+1,8+1,13+1. The number of benzene rings is 2. The number of aliphatic hydroxyl groups is 1. The van der Waals surface area contributed by atoms with Crippen LogP contribution in [0.5, 0.6) is 17.2 Å². The third-order valence-electron chi connectivity index (χ3n) is 3.20. The third-order valence-corrected chi connectivity index (χ3v) is 6.44. The Bertz CT molecular complexity index is 784. The van der Waals surface area contributed by atoms with Crippen LogP contribution in [0, 0.1) is 14.3 Å². The van der Waals surface area contributed by atoms with Crippen molar-refractivity contribution in [1.29, 1.82) is 0 Å². The molecule has 2 atom stereocenters. The number of carbonyl (C=O) groups is 1. The first-order valence-electron chi connectivity index (χ1n) is 6.63. The summed E-state index contributed by atoms with van der Waals surface area (Å²) in [5, 5.41) is 28.9. The van der Waals surface area contributed by atoms with E-state index in [1.807, 2.05) is 45.2 Å². The lowest BCUT2D eigenvalue weighted by atomic mass is 10.0. The topological polar surface area (TPSA) is 113 Å². The van der Waals surface area contributed by atoms with Gasteiger partial charge in [-0.15, -0.1) is 0 Å². The second kappa shape index (κ2) is 9.03. The molecule has 0 aromatic heterocycles. The average molecular weight is 799 g/mol. The van der Waals surface area contributed by atoms with Gasteiger partial charge in [0.2, 0.25) is 0 Å². The Labute approximate surface area is 198 Å². The zero-order chi connectivity index (χ0) is 18.9. The van der Waals surface area contributed by atoms with E-state index in [0.717, 1.165) is 0 Å². The minimum atomic E-state index is -1.40. The van der Waals surface area contributed by atoms with Crippen molar-refractivity contribution in [3.05, 3.63) is 44.1 Å². The van der Waals surface area contributed by atoms with Crippen molar-refractivity contribution in [1.82, 2.24) is 0 Å². The molecule has 0 heterocycles. The normalized spacial score (nSPS) is 13.4. The van der Waals surface area contributed by atoms with Gasteiger partial charge in [-0.1, -0.05) is 0 Å². The molecule has 0 bridgehead atoms. The minimum Gasteiger partial charge on any atom is -0.506 e. The molecule has 5 N–H and O–H groups in total. The highest BCUT2D eigenvalue weighted by molar-refractivity contribution is 14.1. The molecule has 1 unspecified atom stereocenters. The maximum atomic E-state index is 10.9. The van der Waals surface area contributed by atoms with Gasteiger partial charge >= 0.3 is 5.97 Å². The van der Waals surface area contributed by atoms with Crippen molar-refractivity contribution in [3.8, 4) is 17.2 Å². The first-order chi connectivity index (χ1) is 11.6. The fourth-order valence-corrected chi connectivity index (χ4v) is 5.66. The molecule has 0 radical (unpaired) electrons. The van der Waals surface area contributed by atoms with Gasteiger partial charge in [0.1, 0.15) is 23.6 Å². The maximum Gasteiger partial charge on any atom is 0.323 e. The number of halogens is 4.